The molecule has 0 radical (unpaired) electrons. The van der Waals surface area contributed by atoms with E-state index in [1.54, 1.807) is 0 Å². The highest BCUT2D eigenvalue weighted by atomic mass is 32.2. The Labute approximate surface area is 530 Å². The summed E-state index contributed by atoms with van der Waals surface area (Å²) in [7, 11) is 0. The Balaban J connectivity index is 0.842. The van der Waals surface area contributed by atoms with Crippen LogP contribution in [-0.4, -0.2) is 0 Å². The van der Waals surface area contributed by atoms with Crippen LogP contribution in [0.2, 0.25) is 0 Å². The highest BCUT2D eigenvalue weighted by Gasteiger charge is 2.51. The Morgan fingerprint density at radius 3 is 1.59 bits per heavy atom. The lowest BCUT2D eigenvalue weighted by Gasteiger charge is -2.40. The molecule has 4 aliphatic rings. The van der Waals surface area contributed by atoms with Crippen LogP contribution in [0.25, 0.3) is 89.2 Å². The minimum Gasteiger partial charge on any atom is -0.456 e. The molecule has 1 aliphatic heterocycles. The number of nitrogens with zero attached hydrogens (tertiary/aromatic N) is 1. The molecule has 0 saturated heterocycles. The van der Waals surface area contributed by atoms with E-state index in [1.807, 2.05) is 11.8 Å². The van der Waals surface area contributed by atoms with Gasteiger partial charge in [0.1, 0.15) is 11.2 Å². The summed E-state index contributed by atoms with van der Waals surface area (Å²) in [6.07, 6.45) is 2.39. The smallest absolute Gasteiger partial charge is 0.136 e. The Morgan fingerprint density at radius 2 is 0.900 bits per heavy atom. The van der Waals surface area contributed by atoms with Crippen LogP contribution in [0.4, 0.5) is 17.1 Å². The zero-order valence-corrected chi connectivity index (χ0v) is 51.4. The van der Waals surface area contributed by atoms with Gasteiger partial charge in [-0.3, -0.25) is 0 Å². The van der Waals surface area contributed by atoms with Gasteiger partial charge in [-0.25, -0.2) is 0 Å². The van der Waals surface area contributed by atoms with Crippen molar-refractivity contribution in [1.29, 1.82) is 0 Å². The third kappa shape index (κ3) is 7.66. The molecule has 0 bridgehead atoms. The Morgan fingerprint density at radius 1 is 0.367 bits per heavy atom. The molecular weight excluding hydrogens is 1110 g/mol. The molecule has 18 rings (SSSR count). The normalized spacial score (nSPS) is 14.7. The SMILES string of the molecule is CC1(C)c2ccccc2-c2ccc(N(c3ccc4oc5cccc(/C(=C/c6ccccc6)c6ccc7c(c6)-c6ccccc6C76c7ccc(-c8ccccc8)cc7Sc7cc(-c8ccccc8)ccc76)c5c4c3)c3cccc4c3C(C)(C)c3ccccc3-4)cc21. The Hall–Kier alpha value is -10.5. The molecule has 14 aromatic rings. The molecule has 1 spiro atoms. The van der Waals surface area contributed by atoms with Crippen LogP contribution in [0.1, 0.15) is 88.9 Å². The molecule has 13 aromatic carbocycles. The Kier molecular flexibility index (Phi) is 11.6. The molecule has 1 aromatic heterocycles. The van der Waals surface area contributed by atoms with E-state index >= 15 is 0 Å². The van der Waals surface area contributed by atoms with Crippen LogP contribution >= 0.6 is 11.8 Å². The van der Waals surface area contributed by atoms with Crippen molar-refractivity contribution in [2.75, 3.05) is 4.90 Å². The first kappa shape index (κ1) is 52.7. The van der Waals surface area contributed by atoms with E-state index in [9.17, 15) is 0 Å². The summed E-state index contributed by atoms with van der Waals surface area (Å²) >= 11 is 1.90. The number of anilines is 3. The molecule has 3 aliphatic carbocycles. The molecule has 2 nitrogen and oxygen atoms in total. The van der Waals surface area contributed by atoms with Crippen molar-refractivity contribution in [1.82, 2.24) is 0 Å². The molecule has 426 valence electrons. The van der Waals surface area contributed by atoms with E-state index < -0.39 is 5.41 Å². The zero-order valence-electron chi connectivity index (χ0n) is 50.6. The molecular formula is C87H61NOS. The third-order valence-corrected chi connectivity index (χ3v) is 21.4. The summed E-state index contributed by atoms with van der Waals surface area (Å²) in [4.78, 5) is 5.09. The summed E-state index contributed by atoms with van der Waals surface area (Å²) < 4.78 is 7.04. The fourth-order valence-corrected chi connectivity index (χ4v) is 17.5. The summed E-state index contributed by atoms with van der Waals surface area (Å²) in [5.74, 6) is 0. The number of rotatable bonds is 8. The van der Waals surface area contributed by atoms with Crippen molar-refractivity contribution in [3.05, 3.63) is 352 Å². The predicted molar refractivity (Wildman–Crippen MR) is 376 cm³/mol. The van der Waals surface area contributed by atoms with E-state index in [-0.39, 0.29) is 10.8 Å². The first-order chi connectivity index (χ1) is 44.1. The van der Waals surface area contributed by atoms with Crippen LogP contribution < -0.4 is 4.90 Å². The van der Waals surface area contributed by atoms with Gasteiger partial charge in [0, 0.05) is 42.8 Å². The Bertz CT molecular complexity index is 5250. The molecule has 0 amide bonds. The predicted octanol–water partition coefficient (Wildman–Crippen LogP) is 23.4. The second-order valence-electron chi connectivity index (χ2n) is 25.8. The first-order valence-corrected chi connectivity index (χ1v) is 32.3. The largest absolute Gasteiger partial charge is 0.456 e. The number of furan rings is 1. The van der Waals surface area contributed by atoms with Gasteiger partial charge in [0.25, 0.3) is 0 Å². The van der Waals surface area contributed by atoms with E-state index in [1.165, 1.54) is 116 Å². The van der Waals surface area contributed by atoms with Crippen LogP contribution in [0.3, 0.4) is 0 Å². The van der Waals surface area contributed by atoms with Crippen molar-refractivity contribution in [2.45, 2.75) is 53.7 Å². The van der Waals surface area contributed by atoms with E-state index in [0.29, 0.717) is 0 Å². The van der Waals surface area contributed by atoms with Crippen LogP contribution in [0.5, 0.6) is 0 Å². The van der Waals surface area contributed by atoms with E-state index in [4.69, 9.17) is 4.42 Å². The molecule has 0 N–H and O–H groups in total. The summed E-state index contributed by atoms with van der Waals surface area (Å²) in [5, 5.41) is 2.15. The fourth-order valence-electron chi connectivity index (χ4n) is 16.2. The maximum absolute atomic E-state index is 7.04. The van der Waals surface area contributed by atoms with E-state index in [0.717, 1.165) is 55.6 Å². The molecule has 2 heterocycles. The molecule has 3 heteroatoms. The lowest BCUT2D eigenvalue weighted by atomic mass is 9.67. The lowest BCUT2D eigenvalue weighted by molar-refractivity contribution is 0.658. The average molecular weight is 1170 g/mol. The lowest BCUT2D eigenvalue weighted by Crippen LogP contribution is -2.32. The minimum atomic E-state index is -0.577. The third-order valence-electron chi connectivity index (χ3n) is 20.3. The average Bonchev–Trinajstić information content (AvgIpc) is 1.46. The van der Waals surface area contributed by atoms with Gasteiger partial charge in [-0.15, -0.1) is 0 Å². The first-order valence-electron chi connectivity index (χ1n) is 31.5. The monoisotopic (exact) mass is 1170 g/mol. The molecule has 0 atom stereocenters. The van der Waals surface area contributed by atoms with Crippen LogP contribution in [0.15, 0.2) is 305 Å². The van der Waals surface area contributed by atoms with Crippen molar-refractivity contribution in [2.24, 2.45) is 0 Å². The quantitative estimate of drug-likeness (QED) is 0.141. The summed E-state index contributed by atoms with van der Waals surface area (Å²) in [6.45, 7) is 9.55. The van der Waals surface area contributed by atoms with Crippen LogP contribution in [-0.2, 0) is 16.2 Å². The topological polar surface area (TPSA) is 16.4 Å². The van der Waals surface area contributed by atoms with Gasteiger partial charge in [-0.05, 0) is 189 Å². The zero-order chi connectivity index (χ0) is 60.0. The highest BCUT2D eigenvalue weighted by molar-refractivity contribution is 7.99. The molecule has 0 saturated carbocycles. The molecule has 90 heavy (non-hydrogen) atoms. The van der Waals surface area contributed by atoms with Gasteiger partial charge in [0.15, 0.2) is 0 Å². The second kappa shape index (κ2) is 19.8. The van der Waals surface area contributed by atoms with Gasteiger partial charge in [0.05, 0.1) is 11.1 Å². The number of fused-ring (bicyclic) bond motifs is 18. The van der Waals surface area contributed by atoms with Gasteiger partial charge >= 0.3 is 0 Å². The van der Waals surface area contributed by atoms with Crippen molar-refractivity contribution < 1.29 is 4.42 Å². The maximum atomic E-state index is 7.04. The summed E-state index contributed by atoms with van der Waals surface area (Å²) in [5.41, 5.74) is 31.7. The molecule has 0 unspecified atom stereocenters. The van der Waals surface area contributed by atoms with Crippen molar-refractivity contribution in [3.8, 4) is 55.6 Å². The molecule has 0 fully saturated rings. The number of benzene rings is 13. The van der Waals surface area contributed by atoms with E-state index in [2.05, 4.69) is 330 Å². The standard InChI is InChI=1S/C87H61NOS/c1-85(2)71-33-17-14-28-62(71)65-43-41-61(53-77(65)85)88(78-36-20-32-67-63-29-15-18-34-72(63)86(3,4)84(67)78)60-42-47-79-70(52-60)83-66(31-21-37-80(83)89-79)68(48-54-22-8-5-9-23-54)59-40-44-74-69(49-59)64-30-16-19-35-73(64)87(74)75-45-38-57(55-24-10-6-11-25-55)50-81(75)90-82-51-58(39-46-76(82)87)56-26-12-7-13-27-56/h5-53H,1-4H3/b68-48+. The fraction of sp³-hybridized carbons (Fsp3) is 0.0805. The number of hydrogen-bond acceptors (Lipinski definition) is 3. The van der Waals surface area contributed by atoms with Gasteiger partial charge in [-0.1, -0.05) is 270 Å². The van der Waals surface area contributed by atoms with Crippen molar-refractivity contribution in [3.63, 3.8) is 0 Å². The van der Waals surface area contributed by atoms with Gasteiger partial charge in [0.2, 0.25) is 0 Å². The second-order valence-corrected chi connectivity index (χ2v) is 26.9. The van der Waals surface area contributed by atoms with Crippen molar-refractivity contribution >= 4 is 62.4 Å². The van der Waals surface area contributed by atoms with Gasteiger partial charge in [-0.2, -0.15) is 0 Å². The number of hydrogen-bond donors (Lipinski definition) is 0. The minimum absolute atomic E-state index is 0.188. The highest BCUT2D eigenvalue weighted by Crippen LogP contribution is 2.64. The summed E-state index contributed by atoms with van der Waals surface area (Å²) in [6, 6.07) is 109. The van der Waals surface area contributed by atoms with Gasteiger partial charge < -0.3 is 9.32 Å². The maximum Gasteiger partial charge on any atom is 0.136 e. The van der Waals surface area contributed by atoms with Crippen LogP contribution in [0, 0.1) is 0 Å².